The zero-order valence-electron chi connectivity index (χ0n) is 9.45. The maximum Gasteiger partial charge on any atom is 0.305 e. The summed E-state index contributed by atoms with van der Waals surface area (Å²) in [5.41, 5.74) is 0. The number of hydrogen-bond acceptors (Lipinski definition) is 3. The van der Waals surface area contributed by atoms with Gasteiger partial charge in [-0.05, 0) is 19.6 Å². The molecule has 15 heavy (non-hydrogen) atoms. The Balaban J connectivity index is 4.14. The van der Waals surface area contributed by atoms with Crippen molar-refractivity contribution in [2.24, 2.45) is 0 Å². The summed E-state index contributed by atoms with van der Waals surface area (Å²) < 4.78 is 0. The molecule has 1 amide bonds. The largest absolute Gasteiger partial charge is 0.481 e. The van der Waals surface area contributed by atoms with Crippen molar-refractivity contribution in [3.63, 3.8) is 0 Å². The zero-order valence-corrected chi connectivity index (χ0v) is 10.3. The van der Waals surface area contributed by atoms with Gasteiger partial charge >= 0.3 is 5.97 Å². The van der Waals surface area contributed by atoms with Crippen LogP contribution in [0.15, 0.2) is 0 Å². The predicted molar refractivity (Wildman–Crippen MR) is 62.1 cm³/mol. The molecule has 0 heterocycles. The van der Waals surface area contributed by atoms with Crippen molar-refractivity contribution < 1.29 is 14.7 Å². The van der Waals surface area contributed by atoms with E-state index in [1.807, 2.05) is 20.1 Å². The number of thioether (sulfide) groups is 1. The molecule has 0 fully saturated rings. The molecule has 0 aliphatic heterocycles. The Hall–Kier alpha value is -0.710. The molecule has 0 bridgehead atoms. The first-order valence-corrected chi connectivity index (χ1v) is 6.35. The number of carbonyl (C=O) groups is 2. The quantitative estimate of drug-likeness (QED) is 0.699. The van der Waals surface area contributed by atoms with Crippen molar-refractivity contribution >= 4 is 23.6 Å². The lowest BCUT2D eigenvalue weighted by molar-refractivity contribution is -0.137. The van der Waals surface area contributed by atoms with E-state index in [4.69, 9.17) is 5.11 Å². The van der Waals surface area contributed by atoms with Crippen LogP contribution >= 0.6 is 11.8 Å². The minimum atomic E-state index is -0.870. The van der Waals surface area contributed by atoms with E-state index in [9.17, 15) is 9.59 Å². The van der Waals surface area contributed by atoms with Crippen molar-refractivity contribution in [3.05, 3.63) is 0 Å². The number of nitrogens with one attached hydrogen (secondary N) is 1. The third kappa shape index (κ3) is 6.38. The highest BCUT2D eigenvalue weighted by molar-refractivity contribution is 7.99. The van der Waals surface area contributed by atoms with Crippen LogP contribution in [0.1, 0.15) is 33.1 Å². The third-order valence-corrected chi connectivity index (χ3v) is 3.05. The van der Waals surface area contributed by atoms with Crippen LogP contribution < -0.4 is 5.32 Å². The van der Waals surface area contributed by atoms with Crippen molar-refractivity contribution in [1.29, 1.82) is 0 Å². The number of amides is 1. The first-order valence-electron chi connectivity index (χ1n) is 5.06. The second-order valence-corrected chi connectivity index (χ2v) is 4.65. The molecule has 2 unspecified atom stereocenters. The number of hydrogen-bond donors (Lipinski definition) is 2. The van der Waals surface area contributed by atoms with E-state index in [1.54, 1.807) is 0 Å². The fourth-order valence-corrected chi connectivity index (χ4v) is 1.49. The number of aliphatic carboxylic acids is 1. The van der Waals surface area contributed by atoms with Gasteiger partial charge in [0.15, 0.2) is 0 Å². The van der Waals surface area contributed by atoms with Crippen LogP contribution in [-0.2, 0) is 9.59 Å². The monoisotopic (exact) mass is 233 g/mol. The molecule has 0 saturated heterocycles. The van der Waals surface area contributed by atoms with Crippen LogP contribution in [0.5, 0.6) is 0 Å². The summed E-state index contributed by atoms with van der Waals surface area (Å²) in [5.74, 6) is -0.951. The zero-order chi connectivity index (χ0) is 11.8. The Morgan fingerprint density at radius 1 is 1.47 bits per heavy atom. The fourth-order valence-electron chi connectivity index (χ4n) is 1.21. The molecule has 88 valence electrons. The summed E-state index contributed by atoms with van der Waals surface area (Å²) in [7, 11) is 0. The smallest absolute Gasteiger partial charge is 0.305 e. The van der Waals surface area contributed by atoms with Crippen LogP contribution in [0.2, 0.25) is 0 Å². The second-order valence-electron chi connectivity index (χ2n) is 3.47. The standard InChI is InChI=1S/C10H19NO3S/c1-4-5-8(6-9(12)13)11-10(14)7(2)15-3/h7-8H,4-6H2,1-3H3,(H,11,14)(H,12,13). The van der Waals surface area contributed by atoms with E-state index in [1.165, 1.54) is 11.8 Å². The molecule has 0 aromatic carbocycles. The van der Waals surface area contributed by atoms with E-state index in [-0.39, 0.29) is 23.6 Å². The Labute approximate surface area is 94.8 Å². The number of rotatable bonds is 7. The summed E-state index contributed by atoms with van der Waals surface area (Å²) in [6, 6.07) is -0.241. The summed E-state index contributed by atoms with van der Waals surface area (Å²) in [5, 5.41) is 11.3. The Morgan fingerprint density at radius 3 is 2.47 bits per heavy atom. The molecule has 0 aromatic rings. The van der Waals surface area contributed by atoms with Crippen molar-refractivity contribution in [2.45, 2.75) is 44.4 Å². The van der Waals surface area contributed by atoms with E-state index in [0.717, 1.165) is 6.42 Å². The average Bonchev–Trinajstić information content (AvgIpc) is 2.15. The molecule has 0 radical (unpaired) electrons. The molecule has 2 N–H and O–H groups in total. The van der Waals surface area contributed by atoms with Gasteiger partial charge in [0.1, 0.15) is 0 Å². The van der Waals surface area contributed by atoms with Crippen molar-refractivity contribution in [1.82, 2.24) is 5.32 Å². The third-order valence-electron chi connectivity index (χ3n) is 2.13. The number of carboxylic acid groups (broad SMARTS) is 1. The lowest BCUT2D eigenvalue weighted by Gasteiger charge is -2.18. The molecule has 0 aliphatic carbocycles. The molecular formula is C10H19NO3S. The lowest BCUT2D eigenvalue weighted by atomic mass is 10.1. The average molecular weight is 233 g/mol. The molecule has 0 saturated carbocycles. The SMILES string of the molecule is CCCC(CC(=O)O)NC(=O)C(C)SC. The molecule has 0 rings (SSSR count). The highest BCUT2D eigenvalue weighted by atomic mass is 32.2. The number of carbonyl (C=O) groups excluding carboxylic acids is 1. The molecule has 0 aliphatic rings. The summed E-state index contributed by atoms with van der Waals surface area (Å²) in [4.78, 5) is 22.1. The van der Waals surface area contributed by atoms with Crippen LogP contribution in [0.3, 0.4) is 0 Å². The highest BCUT2D eigenvalue weighted by Gasteiger charge is 2.18. The fraction of sp³-hybridized carbons (Fsp3) is 0.800. The van der Waals surface area contributed by atoms with Gasteiger partial charge in [0, 0.05) is 6.04 Å². The van der Waals surface area contributed by atoms with Gasteiger partial charge in [-0.2, -0.15) is 11.8 Å². The van der Waals surface area contributed by atoms with Gasteiger partial charge < -0.3 is 10.4 Å². The maximum absolute atomic E-state index is 11.5. The van der Waals surface area contributed by atoms with Gasteiger partial charge in [0.05, 0.1) is 11.7 Å². The van der Waals surface area contributed by atoms with Gasteiger partial charge in [0.2, 0.25) is 5.91 Å². The van der Waals surface area contributed by atoms with E-state index >= 15 is 0 Å². The number of carboxylic acids is 1. The minimum Gasteiger partial charge on any atom is -0.481 e. The van der Waals surface area contributed by atoms with Crippen molar-refractivity contribution in [3.8, 4) is 0 Å². The van der Waals surface area contributed by atoms with Crippen LogP contribution in [0.25, 0.3) is 0 Å². The minimum absolute atomic E-state index is 0.000676. The highest BCUT2D eigenvalue weighted by Crippen LogP contribution is 2.08. The Bertz CT molecular complexity index is 221. The molecular weight excluding hydrogens is 214 g/mol. The van der Waals surface area contributed by atoms with E-state index in [0.29, 0.717) is 6.42 Å². The van der Waals surface area contributed by atoms with Gasteiger partial charge in [-0.15, -0.1) is 0 Å². The molecule has 2 atom stereocenters. The van der Waals surface area contributed by atoms with E-state index < -0.39 is 5.97 Å². The summed E-state index contributed by atoms with van der Waals surface area (Å²) in [6.07, 6.45) is 3.43. The summed E-state index contributed by atoms with van der Waals surface area (Å²) in [6.45, 7) is 3.78. The van der Waals surface area contributed by atoms with Gasteiger partial charge in [0.25, 0.3) is 0 Å². The summed E-state index contributed by atoms with van der Waals surface area (Å²) >= 11 is 1.45. The maximum atomic E-state index is 11.5. The molecule has 4 nitrogen and oxygen atoms in total. The topological polar surface area (TPSA) is 66.4 Å². The molecule has 0 aromatic heterocycles. The Morgan fingerprint density at radius 2 is 2.07 bits per heavy atom. The normalized spacial score (nSPS) is 14.3. The van der Waals surface area contributed by atoms with Crippen LogP contribution in [-0.4, -0.2) is 34.5 Å². The Kier molecular flexibility index (Phi) is 7.21. The van der Waals surface area contributed by atoms with Gasteiger partial charge in [-0.3, -0.25) is 9.59 Å². The second kappa shape index (κ2) is 7.56. The van der Waals surface area contributed by atoms with Gasteiger partial charge in [-0.1, -0.05) is 13.3 Å². The lowest BCUT2D eigenvalue weighted by Crippen LogP contribution is -2.40. The van der Waals surface area contributed by atoms with Crippen LogP contribution in [0.4, 0.5) is 0 Å². The van der Waals surface area contributed by atoms with Crippen LogP contribution in [0, 0.1) is 0 Å². The first kappa shape index (κ1) is 14.3. The van der Waals surface area contributed by atoms with E-state index in [2.05, 4.69) is 5.32 Å². The van der Waals surface area contributed by atoms with Crippen molar-refractivity contribution in [2.75, 3.05) is 6.26 Å². The molecule has 0 spiro atoms. The first-order chi connectivity index (χ1) is 7.01. The van der Waals surface area contributed by atoms with Gasteiger partial charge in [-0.25, -0.2) is 0 Å². The molecule has 5 heteroatoms. The predicted octanol–water partition coefficient (Wildman–Crippen LogP) is 1.50.